The molecule has 0 aromatic heterocycles. The first-order chi connectivity index (χ1) is 8.65. The molecule has 1 fully saturated rings. The van der Waals surface area contributed by atoms with Gasteiger partial charge in [0.05, 0.1) is 5.69 Å². The summed E-state index contributed by atoms with van der Waals surface area (Å²) in [6.45, 7) is 2.45. The van der Waals surface area contributed by atoms with Crippen molar-refractivity contribution in [1.29, 1.82) is 0 Å². The molecule has 1 amide bonds. The lowest BCUT2D eigenvalue weighted by Crippen LogP contribution is -2.29. The van der Waals surface area contributed by atoms with Crippen LogP contribution < -0.4 is 11.1 Å². The maximum atomic E-state index is 13.3. The van der Waals surface area contributed by atoms with Gasteiger partial charge in [-0.15, -0.1) is 0 Å². The second-order valence-corrected chi connectivity index (χ2v) is 4.63. The third-order valence-corrected chi connectivity index (χ3v) is 3.11. The van der Waals surface area contributed by atoms with Crippen LogP contribution in [-0.4, -0.2) is 36.5 Å². The molecule has 1 saturated heterocycles. The molecule has 1 atom stereocenters. The topological polar surface area (TPSA) is 58.4 Å². The molecule has 18 heavy (non-hydrogen) atoms. The maximum absolute atomic E-state index is 13.3. The van der Waals surface area contributed by atoms with Crippen LogP contribution in [0.5, 0.6) is 0 Å². The number of halogens is 1. The minimum Gasteiger partial charge on any atom is -0.326 e. The Hall–Kier alpha value is -1.46. The van der Waals surface area contributed by atoms with Crippen molar-refractivity contribution < 1.29 is 9.18 Å². The Kier molecular flexibility index (Phi) is 4.28. The van der Waals surface area contributed by atoms with Gasteiger partial charge in [0.15, 0.2) is 0 Å². The summed E-state index contributed by atoms with van der Waals surface area (Å²) in [6.07, 6.45) is 1.34. The van der Waals surface area contributed by atoms with E-state index in [0.29, 0.717) is 13.0 Å². The molecule has 1 heterocycles. The molecule has 5 heteroatoms. The summed E-state index contributed by atoms with van der Waals surface area (Å²) in [6, 6.07) is 6.39. The molecule has 1 aliphatic rings. The Balaban J connectivity index is 1.77. The zero-order chi connectivity index (χ0) is 13.0. The van der Waals surface area contributed by atoms with Crippen molar-refractivity contribution in [1.82, 2.24) is 4.90 Å². The Bertz CT molecular complexity index is 424. The highest BCUT2D eigenvalue weighted by Gasteiger charge is 2.19. The molecule has 0 bridgehead atoms. The number of nitrogens with two attached hydrogens (primary N) is 1. The van der Waals surface area contributed by atoms with Crippen molar-refractivity contribution in [2.75, 3.05) is 25.0 Å². The summed E-state index contributed by atoms with van der Waals surface area (Å²) >= 11 is 0. The number of amides is 1. The molecular formula is C13H18FN3O. The fourth-order valence-electron chi connectivity index (χ4n) is 2.10. The molecule has 1 aromatic rings. The smallest absolute Gasteiger partial charge is 0.225 e. The predicted octanol–water partition coefficient (Wildman–Crippen LogP) is 1.19. The molecule has 0 aliphatic carbocycles. The average molecular weight is 251 g/mol. The first kappa shape index (κ1) is 13.0. The maximum Gasteiger partial charge on any atom is 0.225 e. The first-order valence-corrected chi connectivity index (χ1v) is 6.17. The Morgan fingerprint density at radius 2 is 2.28 bits per heavy atom. The minimum absolute atomic E-state index is 0.166. The number of hydrogen-bond donors (Lipinski definition) is 2. The zero-order valence-corrected chi connectivity index (χ0v) is 10.2. The van der Waals surface area contributed by atoms with Crippen molar-refractivity contribution in [3.63, 3.8) is 0 Å². The van der Waals surface area contributed by atoms with E-state index >= 15 is 0 Å². The summed E-state index contributed by atoms with van der Waals surface area (Å²) in [5.41, 5.74) is 6.02. The molecule has 0 saturated carbocycles. The normalized spacial score (nSPS) is 20.0. The van der Waals surface area contributed by atoms with E-state index in [1.165, 1.54) is 6.07 Å². The summed E-state index contributed by atoms with van der Waals surface area (Å²) in [7, 11) is 0. The van der Waals surface area contributed by atoms with Crippen LogP contribution in [0, 0.1) is 5.82 Å². The van der Waals surface area contributed by atoms with E-state index in [4.69, 9.17) is 5.73 Å². The van der Waals surface area contributed by atoms with Crippen molar-refractivity contribution in [3.8, 4) is 0 Å². The first-order valence-electron chi connectivity index (χ1n) is 6.17. The highest BCUT2D eigenvalue weighted by molar-refractivity contribution is 5.90. The third-order valence-electron chi connectivity index (χ3n) is 3.11. The third kappa shape index (κ3) is 3.51. The summed E-state index contributed by atoms with van der Waals surface area (Å²) in [4.78, 5) is 13.8. The number of likely N-dealkylation sites (tertiary alicyclic amines) is 1. The zero-order valence-electron chi connectivity index (χ0n) is 10.2. The number of hydrogen-bond acceptors (Lipinski definition) is 3. The highest BCUT2D eigenvalue weighted by Crippen LogP contribution is 2.13. The van der Waals surface area contributed by atoms with Gasteiger partial charge in [0, 0.05) is 25.6 Å². The second kappa shape index (κ2) is 5.93. The van der Waals surface area contributed by atoms with Gasteiger partial charge in [0.2, 0.25) is 5.91 Å². The molecule has 0 spiro atoms. The van der Waals surface area contributed by atoms with Crippen LogP contribution in [0.15, 0.2) is 24.3 Å². The highest BCUT2D eigenvalue weighted by atomic mass is 19.1. The standard InChI is InChI=1S/C13H18FN3O/c14-11-3-1-2-4-12(11)16-13(18)6-8-17-7-5-10(15)9-17/h1-4,10H,5-9,15H2,(H,16,18)/t10-/m1/s1. The fourth-order valence-corrected chi connectivity index (χ4v) is 2.10. The SMILES string of the molecule is N[C@@H]1CCN(CCC(=O)Nc2ccccc2F)C1. The van der Waals surface area contributed by atoms with Crippen LogP contribution in [0.1, 0.15) is 12.8 Å². The lowest BCUT2D eigenvalue weighted by molar-refractivity contribution is -0.116. The van der Waals surface area contributed by atoms with E-state index in [-0.39, 0.29) is 17.6 Å². The van der Waals surface area contributed by atoms with Gasteiger partial charge in [-0.05, 0) is 25.1 Å². The van der Waals surface area contributed by atoms with E-state index in [1.54, 1.807) is 18.2 Å². The number of benzene rings is 1. The number of rotatable bonds is 4. The van der Waals surface area contributed by atoms with Crippen molar-refractivity contribution >= 4 is 11.6 Å². The summed E-state index contributed by atoms with van der Waals surface area (Å²) < 4.78 is 13.3. The average Bonchev–Trinajstić information content (AvgIpc) is 2.76. The van der Waals surface area contributed by atoms with Gasteiger partial charge in [-0.1, -0.05) is 12.1 Å². The number of nitrogens with zero attached hydrogens (tertiary/aromatic N) is 1. The minimum atomic E-state index is -0.408. The molecule has 4 nitrogen and oxygen atoms in total. The molecule has 98 valence electrons. The largest absolute Gasteiger partial charge is 0.326 e. The lowest BCUT2D eigenvalue weighted by atomic mass is 10.3. The quantitative estimate of drug-likeness (QED) is 0.845. The fraction of sp³-hybridized carbons (Fsp3) is 0.462. The van der Waals surface area contributed by atoms with Crippen LogP contribution in [0.2, 0.25) is 0 Å². The molecule has 3 N–H and O–H groups in total. The Morgan fingerprint density at radius 3 is 2.94 bits per heavy atom. The van der Waals surface area contributed by atoms with Crippen molar-refractivity contribution in [2.45, 2.75) is 18.9 Å². The van der Waals surface area contributed by atoms with Gasteiger partial charge >= 0.3 is 0 Å². The van der Waals surface area contributed by atoms with Crippen molar-refractivity contribution in [3.05, 3.63) is 30.1 Å². The van der Waals surface area contributed by atoms with Gasteiger partial charge in [0.25, 0.3) is 0 Å². The van der Waals surface area contributed by atoms with Crippen molar-refractivity contribution in [2.24, 2.45) is 5.73 Å². The van der Waals surface area contributed by atoms with Gasteiger partial charge in [0.1, 0.15) is 5.82 Å². The van der Waals surface area contributed by atoms with E-state index in [1.807, 2.05) is 0 Å². The molecule has 0 radical (unpaired) electrons. The summed E-state index contributed by atoms with van der Waals surface area (Å²) in [5.74, 6) is -0.574. The van der Waals surface area contributed by atoms with E-state index in [9.17, 15) is 9.18 Å². The van der Waals surface area contributed by atoms with Crippen LogP contribution >= 0.6 is 0 Å². The predicted molar refractivity (Wildman–Crippen MR) is 68.7 cm³/mol. The molecule has 0 unspecified atom stereocenters. The lowest BCUT2D eigenvalue weighted by Gasteiger charge is -2.14. The van der Waals surface area contributed by atoms with E-state index in [2.05, 4.69) is 10.2 Å². The van der Waals surface area contributed by atoms with Gasteiger partial charge in [-0.25, -0.2) is 4.39 Å². The Morgan fingerprint density at radius 1 is 1.50 bits per heavy atom. The number of anilines is 1. The van der Waals surface area contributed by atoms with Crippen LogP contribution in [0.3, 0.4) is 0 Å². The monoisotopic (exact) mass is 251 g/mol. The molecular weight excluding hydrogens is 233 g/mol. The second-order valence-electron chi connectivity index (χ2n) is 4.63. The number of nitrogens with one attached hydrogen (secondary N) is 1. The van der Waals surface area contributed by atoms with Crippen LogP contribution in [0.25, 0.3) is 0 Å². The number of carbonyl (C=O) groups excluding carboxylic acids is 1. The van der Waals surface area contributed by atoms with E-state index in [0.717, 1.165) is 19.5 Å². The summed E-state index contributed by atoms with van der Waals surface area (Å²) in [5, 5.41) is 2.57. The molecule has 1 aliphatic heterocycles. The Labute approximate surface area is 106 Å². The van der Waals surface area contributed by atoms with Gasteiger partial charge in [-0.2, -0.15) is 0 Å². The van der Waals surface area contributed by atoms with Crippen LogP contribution in [-0.2, 0) is 4.79 Å². The molecule has 2 rings (SSSR count). The number of carbonyl (C=O) groups is 1. The van der Waals surface area contributed by atoms with E-state index < -0.39 is 5.82 Å². The van der Waals surface area contributed by atoms with Gasteiger partial charge in [-0.3, -0.25) is 4.79 Å². The van der Waals surface area contributed by atoms with Crippen LogP contribution in [0.4, 0.5) is 10.1 Å². The van der Waals surface area contributed by atoms with Gasteiger partial charge < -0.3 is 16.0 Å². The molecule has 1 aromatic carbocycles. The number of para-hydroxylation sites is 1.